The van der Waals surface area contributed by atoms with Crippen molar-refractivity contribution in [2.24, 2.45) is 0 Å². The number of carbonyl (C=O) groups excluding carboxylic acids is 1. The number of carbonyl (C=O) groups is 1. The number of ether oxygens (including phenoxy) is 3. The second-order valence-corrected chi connectivity index (χ2v) is 5.63. The van der Waals surface area contributed by atoms with Gasteiger partial charge in [-0.25, -0.2) is 0 Å². The molecule has 0 radical (unpaired) electrons. The van der Waals surface area contributed by atoms with Crippen LogP contribution in [0.4, 0.5) is 0 Å². The van der Waals surface area contributed by atoms with Crippen LogP contribution < -0.4 is 4.74 Å². The Morgan fingerprint density at radius 1 is 1.20 bits per heavy atom. The highest BCUT2D eigenvalue weighted by molar-refractivity contribution is 5.96. The van der Waals surface area contributed by atoms with Gasteiger partial charge in [0.2, 0.25) is 0 Å². The molecule has 1 aromatic carbocycles. The monoisotopic (exact) mass is 358 g/mol. The zero-order valence-electron chi connectivity index (χ0n) is 13.6. The molecule has 1 aliphatic rings. The fourth-order valence-corrected chi connectivity index (χ4v) is 2.47. The van der Waals surface area contributed by atoms with Crippen molar-refractivity contribution in [2.45, 2.75) is 37.1 Å². The number of methoxy groups -OCH3 is 1. The average Bonchev–Trinajstić information content (AvgIpc) is 2.61. The number of phenols is 1. The molecule has 9 nitrogen and oxygen atoms in total. The van der Waals surface area contributed by atoms with Crippen LogP contribution in [0.15, 0.2) is 18.2 Å². The number of aromatic hydroxyl groups is 1. The van der Waals surface area contributed by atoms with Gasteiger partial charge in [0.25, 0.3) is 0 Å². The largest absolute Gasteiger partial charge is 0.504 e. The Kier molecular flexibility index (Phi) is 6.71. The zero-order valence-corrected chi connectivity index (χ0v) is 13.6. The van der Waals surface area contributed by atoms with Crippen LogP contribution in [0.3, 0.4) is 0 Å². The predicted molar refractivity (Wildman–Crippen MR) is 83.3 cm³/mol. The summed E-state index contributed by atoms with van der Waals surface area (Å²) in [5.41, 5.74) is 0.312. The van der Waals surface area contributed by atoms with E-state index < -0.39 is 37.3 Å². The summed E-state index contributed by atoms with van der Waals surface area (Å²) in [5.74, 6) is -0.208. The number of Topliss-reactive ketones (excluding diaryl/α,β-unsaturated/α-hetero) is 1. The predicted octanol–water partition coefficient (Wildman–Crippen LogP) is -1.21. The molecule has 1 aromatic rings. The lowest BCUT2D eigenvalue weighted by Gasteiger charge is -2.39. The van der Waals surface area contributed by atoms with Gasteiger partial charge < -0.3 is 39.7 Å². The summed E-state index contributed by atoms with van der Waals surface area (Å²) in [5, 5.41) is 47.8. The molecule has 1 aliphatic heterocycles. The van der Waals surface area contributed by atoms with Crippen LogP contribution in [-0.4, -0.2) is 82.3 Å². The van der Waals surface area contributed by atoms with Crippen molar-refractivity contribution in [3.05, 3.63) is 23.8 Å². The first-order chi connectivity index (χ1) is 11.9. The fraction of sp³-hybridized carbons (Fsp3) is 0.562. The SMILES string of the molecule is COc1cc(C(=O)CCOC2OC(CO)C(O)C(O)C2O)ccc1O. The van der Waals surface area contributed by atoms with Gasteiger partial charge in [0.1, 0.15) is 24.4 Å². The first-order valence-electron chi connectivity index (χ1n) is 7.71. The van der Waals surface area contributed by atoms with E-state index in [-0.39, 0.29) is 30.3 Å². The summed E-state index contributed by atoms with van der Waals surface area (Å²) < 4.78 is 15.4. The summed E-state index contributed by atoms with van der Waals surface area (Å²) in [6.07, 6.45) is -6.91. The van der Waals surface area contributed by atoms with E-state index in [0.29, 0.717) is 5.56 Å². The second kappa shape index (κ2) is 8.56. The van der Waals surface area contributed by atoms with E-state index in [2.05, 4.69) is 0 Å². The number of rotatable bonds is 7. The van der Waals surface area contributed by atoms with E-state index in [1.807, 2.05) is 0 Å². The lowest BCUT2D eigenvalue weighted by atomic mass is 9.99. The van der Waals surface area contributed by atoms with Crippen molar-refractivity contribution < 1.29 is 44.5 Å². The fourth-order valence-electron chi connectivity index (χ4n) is 2.47. The summed E-state index contributed by atoms with van der Waals surface area (Å²) >= 11 is 0. The van der Waals surface area contributed by atoms with Crippen LogP contribution in [-0.2, 0) is 9.47 Å². The normalized spacial score (nSPS) is 29.4. The molecule has 0 bridgehead atoms. The van der Waals surface area contributed by atoms with Gasteiger partial charge in [0, 0.05) is 12.0 Å². The van der Waals surface area contributed by atoms with Crippen molar-refractivity contribution in [3.63, 3.8) is 0 Å². The van der Waals surface area contributed by atoms with Gasteiger partial charge in [-0.3, -0.25) is 4.79 Å². The van der Waals surface area contributed by atoms with Crippen LogP contribution in [0, 0.1) is 0 Å². The van der Waals surface area contributed by atoms with E-state index >= 15 is 0 Å². The standard InChI is InChI=1S/C16H22O9/c1-23-11-6-8(2-3-10(11)19)9(18)4-5-24-16-15(22)14(21)13(20)12(7-17)25-16/h2-3,6,12-17,19-22H,4-5,7H2,1H3. The summed E-state index contributed by atoms with van der Waals surface area (Å²) in [4.78, 5) is 12.1. The van der Waals surface area contributed by atoms with Crippen molar-refractivity contribution in [1.82, 2.24) is 0 Å². The minimum Gasteiger partial charge on any atom is -0.504 e. The molecule has 0 aliphatic carbocycles. The molecule has 5 N–H and O–H groups in total. The van der Waals surface area contributed by atoms with Gasteiger partial charge in [0.15, 0.2) is 23.6 Å². The van der Waals surface area contributed by atoms with Gasteiger partial charge in [-0.2, -0.15) is 0 Å². The van der Waals surface area contributed by atoms with E-state index in [1.165, 1.54) is 25.3 Å². The maximum Gasteiger partial charge on any atom is 0.186 e. The van der Waals surface area contributed by atoms with Crippen LogP contribution in [0.25, 0.3) is 0 Å². The summed E-state index contributed by atoms with van der Waals surface area (Å²) in [6, 6.07) is 4.17. The Labute approximate surface area is 144 Å². The van der Waals surface area contributed by atoms with Crippen LogP contribution in [0.2, 0.25) is 0 Å². The molecule has 0 aromatic heterocycles. The Morgan fingerprint density at radius 2 is 1.92 bits per heavy atom. The highest BCUT2D eigenvalue weighted by Gasteiger charge is 2.43. The van der Waals surface area contributed by atoms with E-state index in [0.717, 1.165) is 0 Å². The molecule has 140 valence electrons. The number of aliphatic hydroxyl groups is 4. The minimum absolute atomic E-state index is 0.0526. The molecule has 5 unspecified atom stereocenters. The Hall–Kier alpha value is -1.75. The quantitative estimate of drug-likeness (QED) is 0.379. The lowest BCUT2D eigenvalue weighted by molar-refractivity contribution is -0.300. The number of ketones is 1. The molecule has 9 heteroatoms. The lowest BCUT2D eigenvalue weighted by Crippen LogP contribution is -2.59. The molecule has 2 rings (SSSR count). The van der Waals surface area contributed by atoms with Gasteiger partial charge in [-0.15, -0.1) is 0 Å². The highest BCUT2D eigenvalue weighted by Crippen LogP contribution is 2.27. The molecule has 1 fully saturated rings. The maximum absolute atomic E-state index is 12.1. The zero-order chi connectivity index (χ0) is 18.6. The van der Waals surface area contributed by atoms with Gasteiger partial charge >= 0.3 is 0 Å². The van der Waals surface area contributed by atoms with Crippen molar-refractivity contribution in [2.75, 3.05) is 20.3 Å². The first kappa shape index (κ1) is 19.6. The Bertz CT molecular complexity index is 589. The minimum atomic E-state index is -1.53. The van der Waals surface area contributed by atoms with Crippen LogP contribution in [0.1, 0.15) is 16.8 Å². The summed E-state index contributed by atoms with van der Waals surface area (Å²) in [6.45, 7) is -0.679. The molecule has 1 saturated heterocycles. The Balaban J connectivity index is 1.90. The molecule has 0 saturated carbocycles. The van der Waals surface area contributed by atoms with Crippen LogP contribution in [0.5, 0.6) is 11.5 Å². The first-order valence-corrected chi connectivity index (χ1v) is 7.71. The third-order valence-corrected chi connectivity index (χ3v) is 3.96. The van der Waals surface area contributed by atoms with E-state index in [4.69, 9.17) is 19.3 Å². The van der Waals surface area contributed by atoms with E-state index in [9.17, 15) is 25.2 Å². The number of hydrogen-bond acceptors (Lipinski definition) is 9. The third-order valence-electron chi connectivity index (χ3n) is 3.96. The highest BCUT2D eigenvalue weighted by atomic mass is 16.7. The van der Waals surface area contributed by atoms with Gasteiger partial charge in [0.05, 0.1) is 20.3 Å². The molecular weight excluding hydrogens is 336 g/mol. The van der Waals surface area contributed by atoms with E-state index in [1.54, 1.807) is 0 Å². The molecular formula is C16H22O9. The number of benzene rings is 1. The number of phenolic OH excluding ortho intramolecular Hbond substituents is 1. The number of hydrogen-bond donors (Lipinski definition) is 5. The molecule has 0 amide bonds. The molecule has 0 spiro atoms. The van der Waals surface area contributed by atoms with Gasteiger partial charge in [-0.1, -0.05) is 0 Å². The average molecular weight is 358 g/mol. The smallest absolute Gasteiger partial charge is 0.186 e. The molecule has 25 heavy (non-hydrogen) atoms. The van der Waals surface area contributed by atoms with Crippen LogP contribution >= 0.6 is 0 Å². The third kappa shape index (κ3) is 4.46. The maximum atomic E-state index is 12.1. The van der Waals surface area contributed by atoms with Gasteiger partial charge in [-0.05, 0) is 18.2 Å². The number of aliphatic hydroxyl groups excluding tert-OH is 4. The molecule has 1 heterocycles. The van der Waals surface area contributed by atoms with Crippen molar-refractivity contribution >= 4 is 5.78 Å². The topological polar surface area (TPSA) is 146 Å². The Morgan fingerprint density at radius 3 is 2.56 bits per heavy atom. The molecule has 5 atom stereocenters. The second-order valence-electron chi connectivity index (χ2n) is 5.63. The summed E-state index contributed by atoms with van der Waals surface area (Å²) in [7, 11) is 1.37. The van der Waals surface area contributed by atoms with Crippen molar-refractivity contribution in [1.29, 1.82) is 0 Å². The van der Waals surface area contributed by atoms with Crippen molar-refractivity contribution in [3.8, 4) is 11.5 Å².